The molecular formula is C16H26N2O. The molecule has 2 heterocycles. The zero-order chi connectivity index (χ0) is 13.2. The number of amides is 1. The zero-order valence-corrected chi connectivity index (χ0v) is 12.1. The summed E-state index contributed by atoms with van der Waals surface area (Å²) in [4.78, 5) is 17.4. The first-order chi connectivity index (χ1) is 9.27. The molecule has 0 bridgehead atoms. The zero-order valence-electron chi connectivity index (χ0n) is 12.1. The van der Waals surface area contributed by atoms with Crippen molar-refractivity contribution < 1.29 is 4.79 Å². The summed E-state index contributed by atoms with van der Waals surface area (Å²) < 4.78 is 0. The number of likely N-dealkylation sites (tertiary alicyclic amines) is 2. The lowest BCUT2D eigenvalue weighted by Gasteiger charge is -2.35. The van der Waals surface area contributed by atoms with Crippen molar-refractivity contribution in [1.82, 2.24) is 9.80 Å². The van der Waals surface area contributed by atoms with Crippen LogP contribution in [0.15, 0.2) is 12.2 Å². The van der Waals surface area contributed by atoms with Crippen molar-refractivity contribution in [3.05, 3.63) is 12.2 Å². The van der Waals surface area contributed by atoms with Crippen molar-refractivity contribution in [3.8, 4) is 0 Å². The van der Waals surface area contributed by atoms with Gasteiger partial charge in [-0.05, 0) is 58.5 Å². The molecule has 1 aliphatic carbocycles. The SMILES string of the molecule is CN1CCC[C@@H]1[C@H]1CCCN1C(=O)[C@H]1CC=CCC1. The van der Waals surface area contributed by atoms with Crippen molar-refractivity contribution in [2.24, 2.45) is 5.92 Å². The standard InChI is InChI=1S/C16H26N2O/c1-17-11-5-9-14(17)15-10-6-12-18(15)16(19)13-7-3-2-4-8-13/h2-3,13-15H,4-12H2,1H3/t13-,14+,15+/m0/s1. The molecule has 3 heteroatoms. The maximum atomic E-state index is 12.7. The summed E-state index contributed by atoms with van der Waals surface area (Å²) in [5.41, 5.74) is 0. The van der Waals surface area contributed by atoms with Crippen LogP contribution in [0.5, 0.6) is 0 Å². The highest BCUT2D eigenvalue weighted by molar-refractivity contribution is 5.80. The van der Waals surface area contributed by atoms with E-state index < -0.39 is 0 Å². The Morgan fingerprint density at radius 1 is 1.05 bits per heavy atom. The summed E-state index contributed by atoms with van der Waals surface area (Å²) in [5.74, 6) is 0.699. The quantitative estimate of drug-likeness (QED) is 0.714. The maximum Gasteiger partial charge on any atom is 0.226 e. The van der Waals surface area contributed by atoms with Crippen LogP contribution in [-0.2, 0) is 4.79 Å². The molecule has 3 aliphatic rings. The predicted octanol–water partition coefficient (Wildman–Crippen LogP) is 2.43. The molecule has 0 aromatic heterocycles. The van der Waals surface area contributed by atoms with E-state index in [-0.39, 0.29) is 5.92 Å². The molecule has 3 nitrogen and oxygen atoms in total. The average molecular weight is 262 g/mol. The van der Waals surface area contributed by atoms with E-state index in [9.17, 15) is 4.79 Å². The summed E-state index contributed by atoms with van der Waals surface area (Å²) in [6, 6.07) is 1.11. The third-order valence-electron chi connectivity index (χ3n) is 5.22. The van der Waals surface area contributed by atoms with E-state index in [1.54, 1.807) is 0 Å². The lowest BCUT2D eigenvalue weighted by molar-refractivity contribution is -0.137. The maximum absolute atomic E-state index is 12.7. The van der Waals surface area contributed by atoms with Gasteiger partial charge in [-0.15, -0.1) is 0 Å². The Labute approximate surface area is 116 Å². The summed E-state index contributed by atoms with van der Waals surface area (Å²) in [7, 11) is 2.22. The first-order valence-corrected chi connectivity index (χ1v) is 7.93. The van der Waals surface area contributed by atoms with Crippen LogP contribution in [0.25, 0.3) is 0 Å². The summed E-state index contributed by atoms with van der Waals surface area (Å²) >= 11 is 0. The lowest BCUT2D eigenvalue weighted by atomic mass is 9.92. The molecule has 3 atom stereocenters. The van der Waals surface area contributed by atoms with Crippen molar-refractivity contribution in [1.29, 1.82) is 0 Å². The second kappa shape index (κ2) is 5.66. The van der Waals surface area contributed by atoms with Gasteiger partial charge in [0.2, 0.25) is 5.91 Å². The van der Waals surface area contributed by atoms with Gasteiger partial charge < -0.3 is 9.80 Å². The first-order valence-electron chi connectivity index (χ1n) is 7.93. The Bertz CT molecular complexity index is 366. The fourth-order valence-corrected chi connectivity index (χ4v) is 4.14. The second-order valence-corrected chi connectivity index (χ2v) is 6.41. The molecule has 106 valence electrons. The Morgan fingerprint density at radius 2 is 1.84 bits per heavy atom. The molecule has 0 spiro atoms. The molecule has 0 aromatic carbocycles. The fraction of sp³-hybridized carbons (Fsp3) is 0.812. The van der Waals surface area contributed by atoms with Gasteiger partial charge in [0, 0.05) is 24.5 Å². The van der Waals surface area contributed by atoms with E-state index >= 15 is 0 Å². The van der Waals surface area contributed by atoms with E-state index in [1.165, 1.54) is 32.2 Å². The topological polar surface area (TPSA) is 23.6 Å². The Kier molecular flexibility index (Phi) is 3.92. The molecule has 0 N–H and O–H groups in total. The van der Waals surface area contributed by atoms with Crippen LogP contribution in [0, 0.1) is 5.92 Å². The second-order valence-electron chi connectivity index (χ2n) is 6.41. The molecule has 2 saturated heterocycles. The van der Waals surface area contributed by atoms with Crippen molar-refractivity contribution in [2.45, 2.75) is 57.0 Å². The summed E-state index contributed by atoms with van der Waals surface area (Å²) in [5, 5.41) is 0. The number of hydrogen-bond donors (Lipinski definition) is 0. The lowest BCUT2D eigenvalue weighted by Crippen LogP contribution is -2.49. The number of hydrogen-bond acceptors (Lipinski definition) is 2. The number of nitrogens with zero attached hydrogens (tertiary/aromatic N) is 2. The highest BCUT2D eigenvalue weighted by Gasteiger charge is 2.39. The van der Waals surface area contributed by atoms with Crippen LogP contribution < -0.4 is 0 Å². The Hall–Kier alpha value is -0.830. The Balaban J connectivity index is 1.68. The van der Waals surface area contributed by atoms with Crippen LogP contribution in [-0.4, -0.2) is 47.9 Å². The minimum absolute atomic E-state index is 0.261. The van der Waals surface area contributed by atoms with Crippen LogP contribution in [0.2, 0.25) is 0 Å². The molecular weight excluding hydrogens is 236 g/mol. The number of carbonyl (C=O) groups excluding carboxylic acids is 1. The van der Waals surface area contributed by atoms with Gasteiger partial charge in [0.1, 0.15) is 0 Å². The highest BCUT2D eigenvalue weighted by atomic mass is 16.2. The number of likely N-dealkylation sites (N-methyl/N-ethyl adjacent to an activating group) is 1. The molecule has 0 unspecified atom stereocenters. The molecule has 1 amide bonds. The Morgan fingerprint density at radius 3 is 2.53 bits per heavy atom. The summed E-state index contributed by atoms with van der Waals surface area (Å²) in [6.07, 6.45) is 12.5. The van der Waals surface area contributed by atoms with E-state index in [0.29, 0.717) is 18.0 Å². The van der Waals surface area contributed by atoms with Gasteiger partial charge in [0.05, 0.1) is 0 Å². The third-order valence-corrected chi connectivity index (χ3v) is 5.22. The smallest absolute Gasteiger partial charge is 0.226 e. The predicted molar refractivity (Wildman–Crippen MR) is 76.9 cm³/mol. The van der Waals surface area contributed by atoms with Gasteiger partial charge in [0.15, 0.2) is 0 Å². The molecule has 19 heavy (non-hydrogen) atoms. The van der Waals surface area contributed by atoms with Gasteiger partial charge in [0.25, 0.3) is 0 Å². The van der Waals surface area contributed by atoms with Gasteiger partial charge in [-0.2, -0.15) is 0 Å². The van der Waals surface area contributed by atoms with E-state index in [4.69, 9.17) is 0 Å². The van der Waals surface area contributed by atoms with Crippen molar-refractivity contribution in [3.63, 3.8) is 0 Å². The van der Waals surface area contributed by atoms with Crippen LogP contribution in [0.3, 0.4) is 0 Å². The van der Waals surface area contributed by atoms with E-state index in [1.807, 2.05) is 0 Å². The van der Waals surface area contributed by atoms with E-state index in [2.05, 4.69) is 29.0 Å². The monoisotopic (exact) mass is 262 g/mol. The molecule has 2 fully saturated rings. The van der Waals surface area contributed by atoms with Gasteiger partial charge in [-0.3, -0.25) is 4.79 Å². The largest absolute Gasteiger partial charge is 0.338 e. The van der Waals surface area contributed by atoms with Crippen LogP contribution >= 0.6 is 0 Å². The van der Waals surface area contributed by atoms with E-state index in [0.717, 1.165) is 25.8 Å². The molecule has 0 saturated carbocycles. The molecule has 3 rings (SSSR count). The van der Waals surface area contributed by atoms with Gasteiger partial charge in [-0.25, -0.2) is 0 Å². The van der Waals surface area contributed by atoms with Crippen molar-refractivity contribution in [2.75, 3.05) is 20.1 Å². The molecule has 0 radical (unpaired) electrons. The molecule has 0 aromatic rings. The first kappa shape index (κ1) is 13.2. The molecule has 2 aliphatic heterocycles. The minimum atomic E-state index is 0.261. The summed E-state index contributed by atoms with van der Waals surface area (Å²) in [6.45, 7) is 2.20. The van der Waals surface area contributed by atoms with Crippen molar-refractivity contribution >= 4 is 5.91 Å². The normalized spacial score (nSPS) is 36.1. The average Bonchev–Trinajstić information content (AvgIpc) is 3.07. The van der Waals surface area contributed by atoms with Gasteiger partial charge in [-0.1, -0.05) is 12.2 Å². The van der Waals surface area contributed by atoms with Crippen LogP contribution in [0.4, 0.5) is 0 Å². The number of carbonyl (C=O) groups is 1. The highest BCUT2D eigenvalue weighted by Crippen LogP contribution is 2.31. The third kappa shape index (κ3) is 2.58. The number of allylic oxidation sites excluding steroid dienone is 2. The van der Waals surface area contributed by atoms with Crippen LogP contribution in [0.1, 0.15) is 44.9 Å². The number of rotatable bonds is 2. The minimum Gasteiger partial charge on any atom is -0.338 e. The fourth-order valence-electron chi connectivity index (χ4n) is 4.14. The van der Waals surface area contributed by atoms with Gasteiger partial charge >= 0.3 is 0 Å².